The third kappa shape index (κ3) is 8.48. The Labute approximate surface area is 146 Å². The van der Waals surface area contributed by atoms with Crippen LogP contribution in [0.15, 0.2) is 4.99 Å². The molecule has 1 aliphatic heterocycles. The summed E-state index contributed by atoms with van der Waals surface area (Å²) < 4.78 is 0. The van der Waals surface area contributed by atoms with Gasteiger partial charge in [0.25, 0.3) is 0 Å². The topological polar surface area (TPSA) is 56.7 Å². The summed E-state index contributed by atoms with van der Waals surface area (Å²) in [5, 5.41) is 6.21. The summed E-state index contributed by atoms with van der Waals surface area (Å²) in [6.07, 6.45) is 3.89. The van der Waals surface area contributed by atoms with Gasteiger partial charge in [-0.15, -0.1) is 24.0 Å². The first-order valence-electron chi connectivity index (χ1n) is 7.97. The van der Waals surface area contributed by atoms with Crippen LogP contribution in [0.25, 0.3) is 0 Å². The van der Waals surface area contributed by atoms with E-state index in [2.05, 4.69) is 41.3 Å². The molecular formula is C15H31IN4O. The van der Waals surface area contributed by atoms with E-state index in [4.69, 9.17) is 0 Å². The van der Waals surface area contributed by atoms with Crippen molar-refractivity contribution in [2.24, 2.45) is 10.9 Å². The molecule has 0 unspecified atom stereocenters. The van der Waals surface area contributed by atoms with Crippen molar-refractivity contribution in [3.63, 3.8) is 0 Å². The maximum atomic E-state index is 11.5. The Morgan fingerprint density at radius 2 is 1.90 bits per heavy atom. The molecule has 1 aliphatic rings. The molecule has 1 heterocycles. The molecule has 124 valence electrons. The Bertz CT molecular complexity index is 315. The van der Waals surface area contributed by atoms with Gasteiger partial charge in [0.1, 0.15) is 0 Å². The highest BCUT2D eigenvalue weighted by molar-refractivity contribution is 14.0. The molecule has 6 heteroatoms. The van der Waals surface area contributed by atoms with Crippen LogP contribution in [0, 0.1) is 5.92 Å². The molecule has 0 aromatic carbocycles. The summed E-state index contributed by atoms with van der Waals surface area (Å²) in [6, 6.07) is 0. The van der Waals surface area contributed by atoms with E-state index in [1.54, 1.807) is 0 Å². The Morgan fingerprint density at radius 3 is 2.48 bits per heavy atom. The number of nitrogens with zero attached hydrogens (tertiary/aromatic N) is 2. The number of halogens is 1. The number of hydrogen-bond acceptors (Lipinski definition) is 2. The smallest absolute Gasteiger partial charge is 0.221 e. The zero-order chi connectivity index (χ0) is 14.8. The standard InChI is InChI=1S/C15H30N4O.HI/c1-4-9-17-14(20)6-10-18-15(16-5-2)19-11-7-13(3)8-12-19;/h13H,4-12H2,1-3H3,(H,16,18)(H,17,20);1H. The fraction of sp³-hybridized carbons (Fsp3) is 0.867. The number of hydrogen-bond donors (Lipinski definition) is 2. The molecule has 0 saturated carbocycles. The molecule has 0 bridgehead atoms. The van der Waals surface area contributed by atoms with E-state index in [0.717, 1.165) is 44.5 Å². The predicted molar refractivity (Wildman–Crippen MR) is 99.3 cm³/mol. The van der Waals surface area contributed by atoms with Gasteiger partial charge in [0.2, 0.25) is 5.91 Å². The zero-order valence-electron chi connectivity index (χ0n) is 13.7. The molecule has 0 spiro atoms. The van der Waals surface area contributed by atoms with Gasteiger partial charge in [-0.2, -0.15) is 0 Å². The lowest BCUT2D eigenvalue weighted by molar-refractivity contribution is -0.120. The van der Waals surface area contributed by atoms with Crippen LogP contribution in [0.3, 0.4) is 0 Å². The van der Waals surface area contributed by atoms with E-state index >= 15 is 0 Å². The van der Waals surface area contributed by atoms with Gasteiger partial charge in [0.15, 0.2) is 5.96 Å². The molecule has 21 heavy (non-hydrogen) atoms. The van der Waals surface area contributed by atoms with Crippen molar-refractivity contribution in [3.05, 3.63) is 0 Å². The van der Waals surface area contributed by atoms with Crippen LogP contribution in [-0.4, -0.2) is 49.5 Å². The minimum absolute atomic E-state index is 0. The molecule has 2 N–H and O–H groups in total. The Morgan fingerprint density at radius 1 is 1.24 bits per heavy atom. The van der Waals surface area contributed by atoms with Crippen molar-refractivity contribution in [2.75, 3.05) is 32.7 Å². The van der Waals surface area contributed by atoms with Crippen LogP contribution in [0.5, 0.6) is 0 Å². The van der Waals surface area contributed by atoms with Crippen LogP contribution >= 0.6 is 24.0 Å². The lowest BCUT2D eigenvalue weighted by Crippen LogP contribution is -2.45. The van der Waals surface area contributed by atoms with E-state index in [0.29, 0.717) is 13.0 Å². The SMILES string of the molecule is CCCNC(=O)CCN=C(NCC)N1CCC(C)CC1.I. The minimum atomic E-state index is 0. The van der Waals surface area contributed by atoms with E-state index in [-0.39, 0.29) is 29.9 Å². The third-order valence-electron chi connectivity index (χ3n) is 3.59. The second kappa shape index (κ2) is 12.1. The largest absolute Gasteiger partial charge is 0.357 e. The Hall–Kier alpha value is -0.530. The van der Waals surface area contributed by atoms with Gasteiger partial charge in [-0.1, -0.05) is 13.8 Å². The average Bonchev–Trinajstić information content (AvgIpc) is 2.45. The van der Waals surface area contributed by atoms with E-state index in [1.807, 2.05) is 0 Å². The Balaban J connectivity index is 0.00000400. The summed E-state index contributed by atoms with van der Waals surface area (Å²) in [6.45, 7) is 10.8. The van der Waals surface area contributed by atoms with Gasteiger partial charge >= 0.3 is 0 Å². The molecule has 0 radical (unpaired) electrons. The highest BCUT2D eigenvalue weighted by atomic mass is 127. The van der Waals surface area contributed by atoms with Crippen molar-refractivity contribution >= 4 is 35.8 Å². The molecule has 1 fully saturated rings. The summed E-state index contributed by atoms with van der Waals surface area (Å²) in [7, 11) is 0. The summed E-state index contributed by atoms with van der Waals surface area (Å²) >= 11 is 0. The number of amides is 1. The molecule has 0 aromatic heterocycles. The summed E-state index contributed by atoms with van der Waals surface area (Å²) in [5.41, 5.74) is 0. The summed E-state index contributed by atoms with van der Waals surface area (Å²) in [5.74, 6) is 1.87. The minimum Gasteiger partial charge on any atom is -0.357 e. The number of nitrogens with one attached hydrogen (secondary N) is 2. The number of rotatable bonds is 6. The van der Waals surface area contributed by atoms with E-state index in [9.17, 15) is 4.79 Å². The first-order chi connectivity index (χ1) is 9.67. The van der Waals surface area contributed by atoms with E-state index < -0.39 is 0 Å². The molecule has 1 rings (SSSR count). The maximum Gasteiger partial charge on any atom is 0.221 e. The first kappa shape index (κ1) is 20.5. The molecular weight excluding hydrogens is 379 g/mol. The normalized spacial score (nSPS) is 16.3. The number of likely N-dealkylation sites (tertiary alicyclic amines) is 1. The average molecular weight is 410 g/mol. The van der Waals surface area contributed by atoms with Gasteiger partial charge in [-0.25, -0.2) is 0 Å². The van der Waals surface area contributed by atoms with E-state index in [1.165, 1.54) is 12.8 Å². The molecule has 1 saturated heterocycles. The second-order valence-corrected chi connectivity index (χ2v) is 5.51. The number of guanidine groups is 1. The van der Waals surface area contributed by atoms with Gasteiger partial charge in [-0.05, 0) is 32.1 Å². The lowest BCUT2D eigenvalue weighted by atomic mass is 10.00. The number of piperidine rings is 1. The molecule has 5 nitrogen and oxygen atoms in total. The quantitative estimate of drug-likeness (QED) is 0.401. The van der Waals surface area contributed by atoms with Crippen molar-refractivity contribution in [2.45, 2.75) is 46.5 Å². The molecule has 0 aromatic rings. The highest BCUT2D eigenvalue weighted by Gasteiger charge is 2.18. The number of carbonyl (C=O) groups excluding carboxylic acids is 1. The van der Waals surface area contributed by atoms with Gasteiger partial charge in [0.05, 0.1) is 6.54 Å². The van der Waals surface area contributed by atoms with Crippen LogP contribution in [0.2, 0.25) is 0 Å². The predicted octanol–water partition coefficient (Wildman–Crippen LogP) is 2.22. The zero-order valence-corrected chi connectivity index (χ0v) is 16.0. The van der Waals surface area contributed by atoms with Gasteiger partial charge in [-0.3, -0.25) is 9.79 Å². The summed E-state index contributed by atoms with van der Waals surface area (Å²) in [4.78, 5) is 18.4. The van der Waals surface area contributed by atoms with Crippen LogP contribution < -0.4 is 10.6 Å². The fourth-order valence-electron chi connectivity index (χ4n) is 2.26. The van der Waals surface area contributed by atoms with Crippen LogP contribution in [0.4, 0.5) is 0 Å². The van der Waals surface area contributed by atoms with Gasteiger partial charge in [0, 0.05) is 32.6 Å². The molecule has 0 atom stereocenters. The van der Waals surface area contributed by atoms with Gasteiger partial charge < -0.3 is 15.5 Å². The van der Waals surface area contributed by atoms with Crippen molar-refractivity contribution < 1.29 is 4.79 Å². The van der Waals surface area contributed by atoms with Crippen molar-refractivity contribution in [1.82, 2.24) is 15.5 Å². The van der Waals surface area contributed by atoms with Crippen LogP contribution in [-0.2, 0) is 4.79 Å². The van der Waals surface area contributed by atoms with Crippen molar-refractivity contribution in [3.8, 4) is 0 Å². The lowest BCUT2D eigenvalue weighted by Gasteiger charge is -2.33. The second-order valence-electron chi connectivity index (χ2n) is 5.51. The fourth-order valence-corrected chi connectivity index (χ4v) is 2.26. The monoisotopic (exact) mass is 410 g/mol. The molecule has 1 amide bonds. The third-order valence-corrected chi connectivity index (χ3v) is 3.59. The highest BCUT2D eigenvalue weighted by Crippen LogP contribution is 2.15. The van der Waals surface area contributed by atoms with Crippen molar-refractivity contribution in [1.29, 1.82) is 0 Å². The Kier molecular flexibility index (Phi) is 11.8. The van der Waals surface area contributed by atoms with Crippen LogP contribution in [0.1, 0.15) is 46.5 Å². The number of aliphatic imine (C=N–C) groups is 1. The maximum absolute atomic E-state index is 11.5. The first-order valence-corrected chi connectivity index (χ1v) is 7.97. The molecule has 0 aliphatic carbocycles. The number of carbonyl (C=O) groups is 1.